The van der Waals surface area contributed by atoms with E-state index in [9.17, 15) is 4.79 Å². The first-order valence-electron chi connectivity index (χ1n) is 7.99. The van der Waals surface area contributed by atoms with Gasteiger partial charge in [0.1, 0.15) is 0 Å². The third-order valence-corrected chi connectivity index (χ3v) is 5.44. The fourth-order valence-electron chi connectivity index (χ4n) is 2.76. The van der Waals surface area contributed by atoms with Crippen molar-refractivity contribution in [1.29, 1.82) is 0 Å². The van der Waals surface area contributed by atoms with Crippen molar-refractivity contribution in [3.8, 4) is 0 Å². The molecular weight excluding hydrogens is 332 g/mol. The minimum Gasteiger partial charge on any atom is -0.383 e. The molecule has 1 aromatic carbocycles. The van der Waals surface area contributed by atoms with E-state index in [2.05, 4.69) is 22.8 Å². The van der Waals surface area contributed by atoms with Gasteiger partial charge in [-0.25, -0.2) is 0 Å². The van der Waals surface area contributed by atoms with Crippen LogP contribution >= 0.6 is 24.2 Å². The number of methoxy groups -OCH3 is 1. The Balaban J connectivity index is 0.00000264. The maximum absolute atomic E-state index is 12.7. The van der Waals surface area contributed by atoms with Crippen LogP contribution in [-0.2, 0) is 9.53 Å². The van der Waals surface area contributed by atoms with Crippen molar-refractivity contribution < 1.29 is 9.53 Å². The van der Waals surface area contributed by atoms with Gasteiger partial charge in [-0.1, -0.05) is 31.0 Å². The summed E-state index contributed by atoms with van der Waals surface area (Å²) in [4.78, 5) is 13.9. The molecule has 0 unspecified atom stereocenters. The van der Waals surface area contributed by atoms with Gasteiger partial charge in [0, 0.05) is 31.6 Å². The highest BCUT2D eigenvalue weighted by molar-refractivity contribution is 8.01. The summed E-state index contributed by atoms with van der Waals surface area (Å²) < 4.78 is 4.70. The molecule has 2 rings (SSSR count). The van der Waals surface area contributed by atoms with Gasteiger partial charge in [-0.3, -0.25) is 4.79 Å². The molecule has 0 spiro atoms. The number of rotatable bonds is 9. The normalized spacial score (nSPS) is 15.9. The van der Waals surface area contributed by atoms with Gasteiger partial charge in [-0.2, -0.15) is 0 Å². The molecule has 0 heterocycles. The molecule has 0 bridgehead atoms. The molecule has 0 atom stereocenters. The van der Waals surface area contributed by atoms with E-state index in [1.165, 1.54) is 4.90 Å². The lowest BCUT2D eigenvalue weighted by atomic mass is 10.1. The predicted octanol–water partition coefficient (Wildman–Crippen LogP) is 2.87. The van der Waals surface area contributed by atoms with Crippen LogP contribution in [-0.4, -0.2) is 44.0 Å². The number of thioether (sulfide) groups is 1. The van der Waals surface area contributed by atoms with E-state index in [-0.39, 0.29) is 23.1 Å². The Bertz CT molecular complexity index is 453. The van der Waals surface area contributed by atoms with Crippen molar-refractivity contribution in [1.82, 2.24) is 10.6 Å². The van der Waals surface area contributed by atoms with E-state index in [0.717, 1.165) is 38.8 Å². The van der Waals surface area contributed by atoms with Gasteiger partial charge in [0.05, 0.1) is 11.4 Å². The Morgan fingerprint density at radius 1 is 1.17 bits per heavy atom. The van der Waals surface area contributed by atoms with E-state index in [1.807, 2.05) is 18.2 Å². The van der Waals surface area contributed by atoms with Crippen LogP contribution in [0, 0.1) is 0 Å². The van der Waals surface area contributed by atoms with Crippen LogP contribution in [0.15, 0.2) is 35.2 Å². The van der Waals surface area contributed by atoms with Gasteiger partial charge in [0.15, 0.2) is 0 Å². The van der Waals surface area contributed by atoms with E-state index in [0.29, 0.717) is 13.2 Å². The monoisotopic (exact) mass is 358 g/mol. The molecule has 1 aliphatic carbocycles. The molecule has 0 aromatic heterocycles. The number of hydrogen-bond donors (Lipinski definition) is 2. The Kier molecular flexibility index (Phi) is 9.63. The van der Waals surface area contributed by atoms with Crippen LogP contribution in [0.4, 0.5) is 0 Å². The summed E-state index contributed by atoms with van der Waals surface area (Å²) in [6, 6.07) is 10.2. The van der Waals surface area contributed by atoms with Crippen LogP contribution in [0.25, 0.3) is 0 Å². The summed E-state index contributed by atoms with van der Waals surface area (Å²) >= 11 is 1.73. The van der Waals surface area contributed by atoms with E-state index in [4.69, 9.17) is 4.74 Å². The van der Waals surface area contributed by atoms with Gasteiger partial charge >= 0.3 is 0 Å². The summed E-state index contributed by atoms with van der Waals surface area (Å²) in [5.74, 6) is 0.187. The van der Waals surface area contributed by atoms with Crippen molar-refractivity contribution in [3.05, 3.63) is 30.3 Å². The van der Waals surface area contributed by atoms with E-state index < -0.39 is 0 Å². The molecule has 1 aliphatic rings. The van der Waals surface area contributed by atoms with Crippen molar-refractivity contribution in [2.24, 2.45) is 0 Å². The summed E-state index contributed by atoms with van der Waals surface area (Å²) in [7, 11) is 1.69. The number of benzene rings is 1. The first-order chi connectivity index (χ1) is 10.8. The fraction of sp³-hybridized carbons (Fsp3) is 0.588. The van der Waals surface area contributed by atoms with E-state index in [1.54, 1.807) is 18.9 Å². The molecular formula is C17H27ClN2O2S. The highest BCUT2D eigenvalue weighted by Gasteiger charge is 2.41. The molecule has 2 N–H and O–H groups in total. The maximum atomic E-state index is 12.7. The Morgan fingerprint density at radius 2 is 1.87 bits per heavy atom. The highest BCUT2D eigenvalue weighted by atomic mass is 35.5. The fourth-order valence-corrected chi connectivity index (χ4v) is 4.16. The number of carbonyl (C=O) groups is 1. The van der Waals surface area contributed by atoms with Crippen LogP contribution in [0.1, 0.15) is 25.7 Å². The van der Waals surface area contributed by atoms with Crippen molar-refractivity contribution in [2.75, 3.05) is 33.4 Å². The van der Waals surface area contributed by atoms with E-state index >= 15 is 0 Å². The smallest absolute Gasteiger partial charge is 0.236 e. The Hall–Kier alpha value is -0.750. The zero-order valence-corrected chi connectivity index (χ0v) is 15.3. The number of ether oxygens (including phenoxy) is 1. The summed E-state index contributed by atoms with van der Waals surface area (Å²) in [5, 5.41) is 6.35. The highest BCUT2D eigenvalue weighted by Crippen LogP contribution is 2.45. The molecule has 1 aromatic rings. The Morgan fingerprint density at radius 3 is 2.52 bits per heavy atom. The molecule has 130 valence electrons. The second kappa shape index (κ2) is 10.9. The summed E-state index contributed by atoms with van der Waals surface area (Å²) in [6.45, 7) is 2.96. The number of hydrogen-bond acceptors (Lipinski definition) is 4. The second-order valence-corrected chi connectivity index (χ2v) is 7.07. The minimum atomic E-state index is -0.284. The summed E-state index contributed by atoms with van der Waals surface area (Å²) in [5.41, 5.74) is 0. The SMILES string of the molecule is COCCNCCNC(=O)C1(Sc2ccccc2)CCCC1.Cl. The first-order valence-corrected chi connectivity index (χ1v) is 8.80. The van der Waals surface area contributed by atoms with Crippen molar-refractivity contribution >= 4 is 30.1 Å². The molecule has 23 heavy (non-hydrogen) atoms. The lowest BCUT2D eigenvalue weighted by Gasteiger charge is -2.27. The molecule has 1 amide bonds. The molecule has 0 aliphatic heterocycles. The standard InChI is InChI=1S/C17H26N2O2S.ClH/c1-21-14-13-18-11-12-19-16(20)17(9-5-6-10-17)22-15-7-3-2-4-8-15;/h2-4,7-8,18H,5-6,9-14H2,1H3,(H,19,20);1H. The topological polar surface area (TPSA) is 50.4 Å². The van der Waals surface area contributed by atoms with Crippen molar-refractivity contribution in [2.45, 2.75) is 35.3 Å². The molecule has 1 fully saturated rings. The molecule has 0 radical (unpaired) electrons. The number of nitrogens with one attached hydrogen (secondary N) is 2. The van der Waals surface area contributed by atoms with Gasteiger partial charge in [0.25, 0.3) is 0 Å². The van der Waals surface area contributed by atoms with Crippen molar-refractivity contribution in [3.63, 3.8) is 0 Å². The summed E-state index contributed by atoms with van der Waals surface area (Å²) in [6.07, 6.45) is 4.21. The molecule has 4 nitrogen and oxygen atoms in total. The van der Waals surface area contributed by atoms with Gasteiger partial charge in [-0.05, 0) is 25.0 Å². The van der Waals surface area contributed by atoms with Crippen LogP contribution < -0.4 is 10.6 Å². The molecule has 0 saturated heterocycles. The van der Waals surface area contributed by atoms with Gasteiger partial charge in [0.2, 0.25) is 5.91 Å². The quantitative estimate of drug-likeness (QED) is 0.666. The number of carbonyl (C=O) groups excluding carboxylic acids is 1. The lowest BCUT2D eigenvalue weighted by molar-refractivity contribution is -0.123. The zero-order chi connectivity index (χ0) is 15.7. The second-order valence-electron chi connectivity index (χ2n) is 5.62. The molecule has 1 saturated carbocycles. The minimum absolute atomic E-state index is 0. The van der Waals surface area contributed by atoms with Crippen LogP contribution in [0.2, 0.25) is 0 Å². The van der Waals surface area contributed by atoms with Crippen LogP contribution in [0.3, 0.4) is 0 Å². The third kappa shape index (κ3) is 6.34. The largest absolute Gasteiger partial charge is 0.383 e. The Labute approximate surface area is 149 Å². The first kappa shape index (κ1) is 20.3. The average molecular weight is 359 g/mol. The third-order valence-electron chi connectivity index (χ3n) is 3.95. The number of halogens is 1. The predicted molar refractivity (Wildman–Crippen MR) is 98.5 cm³/mol. The van der Waals surface area contributed by atoms with Gasteiger partial charge in [-0.15, -0.1) is 24.2 Å². The maximum Gasteiger partial charge on any atom is 0.236 e. The average Bonchev–Trinajstić information content (AvgIpc) is 3.01. The zero-order valence-electron chi connectivity index (χ0n) is 13.7. The van der Waals surface area contributed by atoms with Gasteiger partial charge < -0.3 is 15.4 Å². The lowest BCUT2D eigenvalue weighted by Crippen LogP contribution is -2.44. The van der Waals surface area contributed by atoms with Crippen LogP contribution in [0.5, 0.6) is 0 Å². The number of amides is 1. The molecule has 6 heteroatoms.